The third-order valence-corrected chi connectivity index (χ3v) is 5.56. The molecular formula is C17H20ClN9O2. The van der Waals surface area contributed by atoms with E-state index in [1.165, 1.54) is 11.0 Å². The molecule has 152 valence electrons. The first kappa shape index (κ1) is 19.3. The van der Waals surface area contributed by atoms with E-state index in [2.05, 4.69) is 36.4 Å². The van der Waals surface area contributed by atoms with Crippen molar-refractivity contribution >= 4 is 18.3 Å². The Hall–Kier alpha value is -3.05. The summed E-state index contributed by atoms with van der Waals surface area (Å²) in [6.45, 7) is 2.09. The van der Waals surface area contributed by atoms with Crippen molar-refractivity contribution in [1.29, 1.82) is 0 Å². The highest BCUT2D eigenvalue weighted by molar-refractivity contribution is 5.92. The van der Waals surface area contributed by atoms with Crippen LogP contribution in [0.25, 0.3) is 5.82 Å². The average Bonchev–Trinajstić information content (AvgIpc) is 3.40. The SMILES string of the molecule is Cl.O=C(NC[C@H]1[C@@H]2CNC[C@@H](C2)c2cccc(=O)n21)c1cc(-n2cnnn2)n[nH]1. The lowest BCUT2D eigenvalue weighted by Crippen LogP contribution is -2.50. The molecule has 29 heavy (non-hydrogen) atoms. The number of carbonyl (C=O) groups is 1. The molecule has 2 aliphatic heterocycles. The van der Waals surface area contributed by atoms with E-state index in [1.807, 2.05) is 16.7 Å². The molecule has 0 radical (unpaired) electrons. The lowest BCUT2D eigenvalue weighted by molar-refractivity contribution is 0.0927. The van der Waals surface area contributed by atoms with Crippen molar-refractivity contribution < 1.29 is 4.79 Å². The van der Waals surface area contributed by atoms with Gasteiger partial charge in [0.15, 0.2) is 5.82 Å². The fraction of sp³-hybridized carbons (Fsp3) is 0.412. The molecule has 3 N–H and O–H groups in total. The molecule has 3 atom stereocenters. The molecule has 2 bridgehead atoms. The monoisotopic (exact) mass is 417 g/mol. The highest BCUT2D eigenvalue weighted by Crippen LogP contribution is 2.38. The molecule has 11 nitrogen and oxygen atoms in total. The van der Waals surface area contributed by atoms with Crippen LogP contribution in [0.1, 0.15) is 34.6 Å². The van der Waals surface area contributed by atoms with Crippen LogP contribution in [0.2, 0.25) is 0 Å². The van der Waals surface area contributed by atoms with Gasteiger partial charge in [0.2, 0.25) is 0 Å². The molecule has 0 aromatic carbocycles. The Morgan fingerprint density at radius 2 is 2.21 bits per heavy atom. The summed E-state index contributed by atoms with van der Waals surface area (Å²) in [6.07, 6.45) is 2.42. The van der Waals surface area contributed by atoms with Gasteiger partial charge in [0.1, 0.15) is 12.0 Å². The zero-order valence-corrected chi connectivity index (χ0v) is 16.2. The minimum atomic E-state index is -0.289. The van der Waals surface area contributed by atoms with Crippen molar-refractivity contribution in [3.63, 3.8) is 0 Å². The van der Waals surface area contributed by atoms with Gasteiger partial charge in [0.05, 0.1) is 6.04 Å². The van der Waals surface area contributed by atoms with Gasteiger partial charge in [0.25, 0.3) is 11.5 Å². The van der Waals surface area contributed by atoms with Crippen LogP contribution in [0, 0.1) is 5.92 Å². The molecule has 5 heterocycles. The minimum Gasteiger partial charge on any atom is -0.349 e. The molecule has 0 aliphatic carbocycles. The van der Waals surface area contributed by atoms with Gasteiger partial charge in [0, 0.05) is 43.4 Å². The molecule has 0 spiro atoms. The molecule has 1 fully saturated rings. The maximum atomic E-state index is 12.6. The molecule has 12 heteroatoms. The number of aromatic amines is 1. The molecule has 0 saturated carbocycles. The zero-order valence-electron chi connectivity index (χ0n) is 15.4. The van der Waals surface area contributed by atoms with Crippen LogP contribution in [0.3, 0.4) is 0 Å². The van der Waals surface area contributed by atoms with Gasteiger partial charge >= 0.3 is 0 Å². The van der Waals surface area contributed by atoms with Gasteiger partial charge in [-0.2, -0.15) is 9.78 Å². The number of H-pyrrole nitrogens is 1. The number of hydrogen-bond acceptors (Lipinski definition) is 7. The van der Waals surface area contributed by atoms with E-state index >= 15 is 0 Å². The number of hydrogen-bond donors (Lipinski definition) is 3. The maximum Gasteiger partial charge on any atom is 0.269 e. The van der Waals surface area contributed by atoms with Gasteiger partial charge < -0.3 is 15.2 Å². The zero-order chi connectivity index (χ0) is 19.1. The fourth-order valence-corrected chi connectivity index (χ4v) is 4.27. The van der Waals surface area contributed by atoms with Crippen LogP contribution in [0.4, 0.5) is 0 Å². The lowest BCUT2D eigenvalue weighted by Gasteiger charge is -2.43. The van der Waals surface area contributed by atoms with Gasteiger partial charge in [-0.15, -0.1) is 17.5 Å². The summed E-state index contributed by atoms with van der Waals surface area (Å²) in [7, 11) is 0. The standard InChI is InChI=1S/C17H19N9O2.ClH/c27-16-3-1-2-13-10-4-11(7-18-6-10)14(26(13)16)8-19-17(28)12-5-15(22-21-12)25-9-20-23-24-25;/h1-3,5,9-11,14,18H,4,6-8H2,(H,19,28)(H,21,22);1H/t10-,11+,14+;/m1./s1. The largest absolute Gasteiger partial charge is 0.349 e. The molecule has 5 rings (SSSR count). The first-order valence-electron chi connectivity index (χ1n) is 9.20. The predicted octanol–water partition coefficient (Wildman–Crippen LogP) is -0.353. The van der Waals surface area contributed by atoms with Crippen LogP contribution in [0.5, 0.6) is 0 Å². The second-order valence-corrected chi connectivity index (χ2v) is 7.18. The van der Waals surface area contributed by atoms with Crippen LogP contribution < -0.4 is 16.2 Å². The number of rotatable bonds is 4. The highest BCUT2D eigenvalue weighted by atomic mass is 35.5. The number of nitrogens with zero attached hydrogens (tertiary/aromatic N) is 6. The van der Waals surface area contributed by atoms with Crippen molar-refractivity contribution in [2.24, 2.45) is 5.92 Å². The maximum absolute atomic E-state index is 12.6. The van der Waals surface area contributed by atoms with E-state index in [1.54, 1.807) is 12.1 Å². The van der Waals surface area contributed by atoms with E-state index in [0.717, 1.165) is 25.2 Å². The van der Waals surface area contributed by atoms with Gasteiger partial charge in [-0.1, -0.05) is 6.07 Å². The quantitative estimate of drug-likeness (QED) is 0.527. The Bertz CT molecular complexity index is 1060. The number of carbonyl (C=O) groups excluding carboxylic acids is 1. The van der Waals surface area contributed by atoms with E-state index in [0.29, 0.717) is 29.9 Å². The van der Waals surface area contributed by atoms with E-state index < -0.39 is 0 Å². The number of halogens is 1. The van der Waals surface area contributed by atoms with Gasteiger partial charge in [-0.25, -0.2) is 0 Å². The number of fused-ring (bicyclic) bond motifs is 4. The molecule has 2 aliphatic rings. The summed E-state index contributed by atoms with van der Waals surface area (Å²) >= 11 is 0. The Kier molecular flexibility index (Phi) is 5.16. The summed E-state index contributed by atoms with van der Waals surface area (Å²) in [6, 6.07) is 6.89. The Labute approximate surface area is 171 Å². The fourth-order valence-electron chi connectivity index (χ4n) is 4.27. The molecular weight excluding hydrogens is 398 g/mol. The third kappa shape index (κ3) is 3.42. The van der Waals surface area contributed by atoms with Crippen LogP contribution in [0.15, 0.2) is 35.4 Å². The van der Waals surface area contributed by atoms with Gasteiger partial charge in [-0.3, -0.25) is 14.7 Å². The van der Waals surface area contributed by atoms with E-state index in [4.69, 9.17) is 0 Å². The molecule has 3 aromatic rings. The second-order valence-electron chi connectivity index (χ2n) is 7.18. The summed E-state index contributed by atoms with van der Waals surface area (Å²) in [5.74, 6) is 0.771. The Morgan fingerprint density at radius 1 is 1.31 bits per heavy atom. The first-order chi connectivity index (χ1) is 13.7. The van der Waals surface area contributed by atoms with E-state index in [9.17, 15) is 9.59 Å². The van der Waals surface area contributed by atoms with Crippen LogP contribution in [-0.2, 0) is 0 Å². The third-order valence-electron chi connectivity index (χ3n) is 5.56. The summed E-state index contributed by atoms with van der Waals surface area (Å²) < 4.78 is 3.22. The van der Waals surface area contributed by atoms with Crippen molar-refractivity contribution in [3.05, 3.63) is 52.3 Å². The first-order valence-corrected chi connectivity index (χ1v) is 9.20. The highest BCUT2D eigenvalue weighted by Gasteiger charge is 2.37. The summed E-state index contributed by atoms with van der Waals surface area (Å²) in [4.78, 5) is 25.1. The predicted molar refractivity (Wildman–Crippen MR) is 104 cm³/mol. The molecule has 3 aromatic heterocycles. The lowest BCUT2D eigenvalue weighted by atomic mass is 9.79. The number of nitrogens with one attached hydrogen (secondary N) is 3. The number of piperidine rings is 1. The van der Waals surface area contributed by atoms with Gasteiger partial charge in [-0.05, 0) is 28.8 Å². The number of aromatic nitrogens is 7. The van der Waals surface area contributed by atoms with Crippen LogP contribution in [-0.4, -0.2) is 60.5 Å². The van der Waals surface area contributed by atoms with E-state index in [-0.39, 0.29) is 29.9 Å². The molecule has 0 unspecified atom stereocenters. The number of amides is 1. The average molecular weight is 418 g/mol. The topological polar surface area (TPSA) is 135 Å². The summed E-state index contributed by atoms with van der Waals surface area (Å²) in [5.41, 5.74) is 1.33. The van der Waals surface area contributed by atoms with Crippen molar-refractivity contribution in [2.75, 3.05) is 19.6 Å². The van der Waals surface area contributed by atoms with Crippen LogP contribution >= 0.6 is 12.4 Å². The van der Waals surface area contributed by atoms with Crippen molar-refractivity contribution in [3.8, 4) is 5.82 Å². The molecule has 1 saturated heterocycles. The number of pyridine rings is 1. The van der Waals surface area contributed by atoms with Crippen molar-refractivity contribution in [1.82, 2.24) is 45.6 Å². The van der Waals surface area contributed by atoms with Crippen molar-refractivity contribution in [2.45, 2.75) is 18.4 Å². The summed E-state index contributed by atoms with van der Waals surface area (Å²) in [5, 5.41) is 24.0. The smallest absolute Gasteiger partial charge is 0.269 e. The second kappa shape index (κ2) is 7.76. The molecule has 1 amide bonds. The minimum absolute atomic E-state index is 0. The Morgan fingerprint density at radius 3 is 3.03 bits per heavy atom. The normalized spacial score (nSPS) is 22.4. The number of tetrazole rings is 1. The Balaban J connectivity index is 0.00000205.